The van der Waals surface area contributed by atoms with Gasteiger partial charge in [-0.2, -0.15) is 0 Å². The Bertz CT molecular complexity index is 812. The number of piperidine rings is 1. The van der Waals surface area contributed by atoms with E-state index in [-0.39, 0.29) is 11.7 Å². The molecule has 2 aliphatic rings. The standard InChI is InChI=1S/C20H25FN4OS/c1-14-22-18(13-27-14)12-25-9-7-20(8-10-25,19(26)23-16-5-6-16)24-17-4-2-3-15(21)11-17/h2-4,11,13,16,24H,5-10,12H2,1H3,(H,23,26). The average molecular weight is 389 g/mol. The minimum atomic E-state index is -0.690. The molecule has 0 bridgehead atoms. The summed E-state index contributed by atoms with van der Waals surface area (Å²) in [6, 6.07) is 6.67. The number of benzene rings is 1. The number of hydrogen-bond donors (Lipinski definition) is 2. The van der Waals surface area contributed by atoms with E-state index in [9.17, 15) is 9.18 Å². The van der Waals surface area contributed by atoms with Crippen LogP contribution in [-0.2, 0) is 11.3 Å². The van der Waals surface area contributed by atoms with Crippen molar-refractivity contribution in [3.63, 3.8) is 0 Å². The van der Waals surface area contributed by atoms with Crippen LogP contribution in [0.15, 0.2) is 29.6 Å². The Morgan fingerprint density at radius 3 is 2.78 bits per heavy atom. The maximum Gasteiger partial charge on any atom is 0.245 e. The van der Waals surface area contributed by atoms with Gasteiger partial charge < -0.3 is 10.6 Å². The summed E-state index contributed by atoms with van der Waals surface area (Å²) in [4.78, 5) is 19.9. The van der Waals surface area contributed by atoms with Crippen LogP contribution in [0.25, 0.3) is 0 Å². The average Bonchev–Trinajstić information content (AvgIpc) is 3.36. The Morgan fingerprint density at radius 2 is 2.15 bits per heavy atom. The molecule has 4 rings (SSSR count). The molecule has 27 heavy (non-hydrogen) atoms. The maximum atomic E-state index is 13.6. The Morgan fingerprint density at radius 1 is 1.37 bits per heavy atom. The molecule has 1 aromatic heterocycles. The molecule has 2 fully saturated rings. The fraction of sp³-hybridized carbons (Fsp3) is 0.500. The summed E-state index contributed by atoms with van der Waals surface area (Å²) in [5.74, 6) is -0.257. The highest BCUT2D eigenvalue weighted by atomic mass is 32.1. The molecule has 1 amide bonds. The van der Waals surface area contributed by atoms with Crippen LogP contribution in [0, 0.1) is 12.7 Å². The topological polar surface area (TPSA) is 57.3 Å². The van der Waals surface area contributed by atoms with E-state index in [1.165, 1.54) is 12.1 Å². The molecule has 5 nitrogen and oxygen atoms in total. The van der Waals surface area contributed by atoms with Gasteiger partial charge in [0.25, 0.3) is 0 Å². The predicted molar refractivity (Wildman–Crippen MR) is 105 cm³/mol. The third kappa shape index (κ3) is 4.47. The second kappa shape index (κ2) is 7.56. The van der Waals surface area contributed by atoms with Gasteiger partial charge in [-0.3, -0.25) is 9.69 Å². The van der Waals surface area contributed by atoms with Crippen molar-refractivity contribution in [3.05, 3.63) is 46.2 Å². The molecule has 144 valence electrons. The van der Waals surface area contributed by atoms with Gasteiger partial charge in [0, 0.05) is 36.7 Å². The summed E-state index contributed by atoms with van der Waals surface area (Å²) in [5, 5.41) is 9.68. The first kappa shape index (κ1) is 18.4. The number of carbonyl (C=O) groups excluding carboxylic acids is 1. The number of nitrogens with one attached hydrogen (secondary N) is 2. The number of thiazole rings is 1. The molecule has 1 aromatic carbocycles. The number of likely N-dealkylation sites (tertiary alicyclic amines) is 1. The fourth-order valence-corrected chi connectivity index (χ4v) is 4.21. The third-order valence-electron chi connectivity index (χ3n) is 5.32. The van der Waals surface area contributed by atoms with Crippen LogP contribution in [0.1, 0.15) is 36.4 Å². The van der Waals surface area contributed by atoms with Gasteiger partial charge in [-0.1, -0.05) is 6.07 Å². The molecule has 2 N–H and O–H groups in total. The largest absolute Gasteiger partial charge is 0.371 e. The molecular weight excluding hydrogens is 363 g/mol. The number of halogens is 1. The highest BCUT2D eigenvalue weighted by Gasteiger charge is 2.43. The summed E-state index contributed by atoms with van der Waals surface area (Å²) >= 11 is 1.66. The van der Waals surface area contributed by atoms with E-state index < -0.39 is 5.54 Å². The monoisotopic (exact) mass is 388 g/mol. The molecule has 2 heterocycles. The lowest BCUT2D eigenvalue weighted by molar-refractivity contribution is -0.127. The Balaban J connectivity index is 1.46. The molecule has 1 aliphatic carbocycles. The number of carbonyl (C=O) groups is 1. The first-order valence-electron chi connectivity index (χ1n) is 9.50. The zero-order valence-electron chi connectivity index (χ0n) is 15.5. The first-order valence-corrected chi connectivity index (χ1v) is 10.4. The summed E-state index contributed by atoms with van der Waals surface area (Å²) < 4.78 is 13.6. The van der Waals surface area contributed by atoms with Crippen molar-refractivity contribution in [2.45, 2.75) is 50.7 Å². The number of hydrogen-bond acceptors (Lipinski definition) is 5. The van der Waals surface area contributed by atoms with E-state index in [4.69, 9.17) is 0 Å². The normalized spacial score (nSPS) is 19.6. The fourth-order valence-electron chi connectivity index (χ4n) is 3.61. The molecule has 1 aliphatic heterocycles. The van der Waals surface area contributed by atoms with Gasteiger partial charge in [-0.25, -0.2) is 9.37 Å². The molecule has 2 aromatic rings. The van der Waals surface area contributed by atoms with Gasteiger partial charge in [-0.05, 0) is 50.8 Å². The molecule has 0 radical (unpaired) electrons. The van der Waals surface area contributed by atoms with E-state index in [1.807, 2.05) is 13.0 Å². The van der Waals surface area contributed by atoms with Crippen molar-refractivity contribution < 1.29 is 9.18 Å². The number of rotatable bonds is 6. The van der Waals surface area contributed by atoms with Crippen LogP contribution in [0.2, 0.25) is 0 Å². The van der Waals surface area contributed by atoms with Gasteiger partial charge in [0.15, 0.2) is 0 Å². The van der Waals surface area contributed by atoms with Gasteiger partial charge in [0.1, 0.15) is 11.4 Å². The third-order valence-corrected chi connectivity index (χ3v) is 6.14. The summed E-state index contributed by atoms with van der Waals surface area (Å²) in [5.41, 5.74) is 1.06. The maximum absolute atomic E-state index is 13.6. The van der Waals surface area contributed by atoms with Crippen molar-refractivity contribution in [1.29, 1.82) is 0 Å². The van der Waals surface area contributed by atoms with Crippen molar-refractivity contribution in [2.75, 3.05) is 18.4 Å². The van der Waals surface area contributed by atoms with Crippen LogP contribution in [0.4, 0.5) is 10.1 Å². The smallest absolute Gasteiger partial charge is 0.245 e. The summed E-state index contributed by atoms with van der Waals surface area (Å²) in [6.07, 6.45) is 3.48. The summed E-state index contributed by atoms with van der Waals surface area (Å²) in [7, 11) is 0. The lowest BCUT2D eigenvalue weighted by Crippen LogP contribution is -2.58. The van der Waals surface area contributed by atoms with Crippen LogP contribution in [0.3, 0.4) is 0 Å². The van der Waals surface area contributed by atoms with Crippen LogP contribution in [-0.4, -0.2) is 40.5 Å². The van der Waals surface area contributed by atoms with Gasteiger partial charge in [0.2, 0.25) is 5.91 Å². The first-order chi connectivity index (χ1) is 13.0. The van der Waals surface area contributed by atoms with E-state index >= 15 is 0 Å². The minimum Gasteiger partial charge on any atom is -0.371 e. The Hall–Kier alpha value is -1.99. The number of nitrogens with zero attached hydrogens (tertiary/aromatic N) is 2. The van der Waals surface area contributed by atoms with Gasteiger partial charge >= 0.3 is 0 Å². The number of amides is 1. The SMILES string of the molecule is Cc1nc(CN2CCC(Nc3cccc(F)c3)(C(=O)NC3CC3)CC2)cs1. The van der Waals surface area contributed by atoms with E-state index in [1.54, 1.807) is 17.4 Å². The molecule has 0 atom stereocenters. The predicted octanol–water partition coefficient (Wildman–Crippen LogP) is 3.32. The van der Waals surface area contributed by atoms with E-state index in [0.717, 1.165) is 43.2 Å². The van der Waals surface area contributed by atoms with Crippen molar-refractivity contribution >= 4 is 22.9 Å². The number of aryl methyl sites for hydroxylation is 1. The Kier molecular flexibility index (Phi) is 5.14. The lowest BCUT2D eigenvalue weighted by atomic mass is 9.85. The molecule has 0 spiro atoms. The van der Waals surface area contributed by atoms with Crippen LogP contribution >= 0.6 is 11.3 Å². The second-order valence-electron chi connectivity index (χ2n) is 7.60. The van der Waals surface area contributed by atoms with Crippen LogP contribution in [0.5, 0.6) is 0 Å². The number of anilines is 1. The quantitative estimate of drug-likeness (QED) is 0.797. The van der Waals surface area contributed by atoms with Crippen LogP contribution < -0.4 is 10.6 Å². The van der Waals surface area contributed by atoms with E-state index in [2.05, 4.69) is 25.9 Å². The highest BCUT2D eigenvalue weighted by Crippen LogP contribution is 2.30. The lowest BCUT2D eigenvalue weighted by Gasteiger charge is -2.41. The highest BCUT2D eigenvalue weighted by molar-refractivity contribution is 7.09. The van der Waals surface area contributed by atoms with Crippen molar-refractivity contribution in [1.82, 2.24) is 15.2 Å². The zero-order valence-corrected chi connectivity index (χ0v) is 16.3. The molecular formula is C20H25FN4OS. The number of aromatic nitrogens is 1. The van der Waals surface area contributed by atoms with Crippen molar-refractivity contribution in [3.8, 4) is 0 Å². The molecule has 1 saturated carbocycles. The Labute approximate surface area is 163 Å². The molecule has 7 heteroatoms. The van der Waals surface area contributed by atoms with Gasteiger partial charge in [-0.15, -0.1) is 11.3 Å². The van der Waals surface area contributed by atoms with Gasteiger partial charge in [0.05, 0.1) is 10.7 Å². The molecule has 0 unspecified atom stereocenters. The summed E-state index contributed by atoms with van der Waals surface area (Å²) in [6.45, 7) is 4.43. The zero-order chi connectivity index (χ0) is 18.9. The van der Waals surface area contributed by atoms with E-state index in [0.29, 0.717) is 24.6 Å². The minimum absolute atomic E-state index is 0.0402. The second-order valence-corrected chi connectivity index (χ2v) is 8.66. The van der Waals surface area contributed by atoms with Crippen molar-refractivity contribution in [2.24, 2.45) is 0 Å². The molecule has 1 saturated heterocycles.